The molecule has 1 fully saturated rings. The quantitative estimate of drug-likeness (QED) is 0.541. The second-order valence-electron chi connectivity index (χ2n) is 2.66. The molecule has 0 N–H and O–H groups in total. The molecule has 0 aromatic carbocycles. The fraction of sp³-hybridized carbons (Fsp3) is 0.750. The van der Waals surface area contributed by atoms with Crippen molar-refractivity contribution in [3.63, 3.8) is 0 Å². The van der Waals surface area contributed by atoms with Gasteiger partial charge in [0.25, 0.3) is 0 Å². The van der Waals surface area contributed by atoms with E-state index in [-0.39, 0.29) is 6.10 Å². The van der Waals surface area contributed by atoms with Crippen molar-refractivity contribution in [2.24, 2.45) is 0 Å². The van der Waals surface area contributed by atoms with E-state index in [2.05, 4.69) is 0 Å². The van der Waals surface area contributed by atoms with Crippen LogP contribution in [0.2, 0.25) is 0 Å². The highest BCUT2D eigenvalue weighted by atomic mass is 19.1. The number of ether oxygens (including phenoxy) is 1. The van der Waals surface area contributed by atoms with Crippen LogP contribution in [0.3, 0.4) is 0 Å². The fourth-order valence-corrected chi connectivity index (χ4v) is 1.34. The fourth-order valence-electron chi connectivity index (χ4n) is 1.34. The standard InChI is InChI=1S/C8H13FO/c9-6-7-10-8-4-2-1-3-5-8/h6-8H,1-5H2. The summed E-state index contributed by atoms with van der Waals surface area (Å²) < 4.78 is 16.5. The van der Waals surface area contributed by atoms with Gasteiger partial charge in [0, 0.05) is 0 Å². The first-order valence-electron chi connectivity index (χ1n) is 3.84. The van der Waals surface area contributed by atoms with E-state index in [9.17, 15) is 4.39 Å². The third kappa shape index (κ3) is 2.38. The molecule has 10 heavy (non-hydrogen) atoms. The van der Waals surface area contributed by atoms with Crippen LogP contribution >= 0.6 is 0 Å². The Bertz CT molecular complexity index is 106. The zero-order valence-electron chi connectivity index (χ0n) is 6.05. The first-order valence-corrected chi connectivity index (χ1v) is 3.84. The van der Waals surface area contributed by atoms with Crippen molar-refractivity contribution >= 4 is 0 Å². The largest absolute Gasteiger partial charge is 0.496 e. The van der Waals surface area contributed by atoms with Crippen molar-refractivity contribution in [2.45, 2.75) is 38.2 Å². The summed E-state index contributed by atoms with van der Waals surface area (Å²) in [5.41, 5.74) is 0. The van der Waals surface area contributed by atoms with E-state index < -0.39 is 0 Å². The number of hydrogen-bond acceptors (Lipinski definition) is 1. The van der Waals surface area contributed by atoms with E-state index in [1.54, 1.807) is 0 Å². The second-order valence-corrected chi connectivity index (χ2v) is 2.66. The number of rotatable bonds is 2. The average molecular weight is 144 g/mol. The Kier molecular flexibility index (Phi) is 3.27. The zero-order valence-corrected chi connectivity index (χ0v) is 6.05. The summed E-state index contributed by atoms with van der Waals surface area (Å²) in [5, 5.41) is 0. The summed E-state index contributed by atoms with van der Waals surface area (Å²) in [4.78, 5) is 0. The minimum absolute atomic E-state index is 0.278. The minimum Gasteiger partial charge on any atom is -0.496 e. The van der Waals surface area contributed by atoms with Gasteiger partial charge in [-0.1, -0.05) is 6.42 Å². The highest BCUT2D eigenvalue weighted by Gasteiger charge is 2.12. The van der Waals surface area contributed by atoms with E-state index in [0.717, 1.165) is 19.1 Å². The van der Waals surface area contributed by atoms with Gasteiger partial charge in [0.05, 0.1) is 6.10 Å². The molecule has 1 nitrogen and oxygen atoms in total. The van der Waals surface area contributed by atoms with Gasteiger partial charge in [-0.3, -0.25) is 0 Å². The lowest BCUT2D eigenvalue weighted by Crippen LogP contribution is -2.13. The third-order valence-corrected chi connectivity index (χ3v) is 1.87. The van der Waals surface area contributed by atoms with Crippen molar-refractivity contribution in [1.29, 1.82) is 0 Å². The van der Waals surface area contributed by atoms with Crippen LogP contribution in [-0.4, -0.2) is 6.10 Å². The Morgan fingerprint density at radius 3 is 2.50 bits per heavy atom. The SMILES string of the molecule is FC=COC1CCCCC1. The molecule has 0 spiro atoms. The topological polar surface area (TPSA) is 9.23 Å². The van der Waals surface area contributed by atoms with Gasteiger partial charge in [-0.05, 0) is 25.7 Å². The summed E-state index contributed by atoms with van der Waals surface area (Å²) in [6.45, 7) is 0. The van der Waals surface area contributed by atoms with Crippen molar-refractivity contribution in [3.8, 4) is 0 Å². The average Bonchev–Trinajstić information content (AvgIpc) is 2.03. The monoisotopic (exact) mass is 144 g/mol. The van der Waals surface area contributed by atoms with Gasteiger partial charge in [0.15, 0.2) is 0 Å². The van der Waals surface area contributed by atoms with Crippen molar-refractivity contribution in [1.82, 2.24) is 0 Å². The van der Waals surface area contributed by atoms with Crippen LogP contribution in [0.5, 0.6) is 0 Å². The van der Waals surface area contributed by atoms with Gasteiger partial charge in [-0.25, -0.2) is 4.39 Å². The van der Waals surface area contributed by atoms with E-state index in [4.69, 9.17) is 4.74 Å². The van der Waals surface area contributed by atoms with Gasteiger partial charge in [0.1, 0.15) is 12.6 Å². The third-order valence-electron chi connectivity index (χ3n) is 1.87. The van der Waals surface area contributed by atoms with Crippen LogP contribution in [0.4, 0.5) is 4.39 Å². The molecule has 0 aliphatic heterocycles. The van der Waals surface area contributed by atoms with Crippen LogP contribution in [-0.2, 0) is 4.74 Å². The molecule has 2 heteroatoms. The molecule has 0 bridgehead atoms. The maximum Gasteiger partial charge on any atom is 0.121 e. The summed E-state index contributed by atoms with van der Waals surface area (Å²) in [6, 6.07) is 0. The first-order chi connectivity index (χ1) is 4.93. The molecule has 0 heterocycles. The van der Waals surface area contributed by atoms with Crippen LogP contribution < -0.4 is 0 Å². The summed E-state index contributed by atoms with van der Waals surface area (Å²) in [5.74, 6) is 0. The first kappa shape index (κ1) is 7.58. The van der Waals surface area contributed by atoms with E-state index in [1.807, 2.05) is 0 Å². The Labute approximate surface area is 60.9 Å². The normalized spacial score (nSPS) is 21.7. The van der Waals surface area contributed by atoms with Gasteiger partial charge >= 0.3 is 0 Å². The maximum absolute atomic E-state index is 11.4. The Morgan fingerprint density at radius 1 is 1.20 bits per heavy atom. The lowest BCUT2D eigenvalue weighted by molar-refractivity contribution is 0.104. The summed E-state index contributed by atoms with van der Waals surface area (Å²) in [7, 11) is 0. The molecule has 0 unspecified atom stereocenters. The smallest absolute Gasteiger partial charge is 0.121 e. The molecule has 0 atom stereocenters. The van der Waals surface area contributed by atoms with Gasteiger partial charge < -0.3 is 4.74 Å². The molecular weight excluding hydrogens is 131 g/mol. The molecule has 1 aliphatic carbocycles. The predicted molar refractivity (Wildman–Crippen MR) is 38.2 cm³/mol. The Hall–Kier alpha value is -0.530. The van der Waals surface area contributed by atoms with Crippen LogP contribution in [0, 0.1) is 0 Å². The molecule has 58 valence electrons. The lowest BCUT2D eigenvalue weighted by Gasteiger charge is -2.20. The van der Waals surface area contributed by atoms with Crippen LogP contribution in [0.1, 0.15) is 32.1 Å². The van der Waals surface area contributed by atoms with Crippen molar-refractivity contribution in [3.05, 3.63) is 12.6 Å². The molecular formula is C8H13FO. The Balaban J connectivity index is 2.13. The van der Waals surface area contributed by atoms with Crippen LogP contribution in [0.15, 0.2) is 12.6 Å². The molecule has 0 saturated heterocycles. The molecule has 1 rings (SSSR count). The van der Waals surface area contributed by atoms with Gasteiger partial charge in [0.2, 0.25) is 0 Å². The molecule has 0 radical (unpaired) electrons. The zero-order chi connectivity index (χ0) is 7.23. The number of hydrogen-bond donors (Lipinski definition) is 0. The van der Waals surface area contributed by atoms with E-state index in [1.165, 1.54) is 19.3 Å². The minimum atomic E-state index is 0.278. The highest BCUT2D eigenvalue weighted by molar-refractivity contribution is 4.69. The van der Waals surface area contributed by atoms with E-state index >= 15 is 0 Å². The summed E-state index contributed by atoms with van der Waals surface area (Å²) >= 11 is 0. The summed E-state index contributed by atoms with van der Waals surface area (Å²) in [6.07, 6.45) is 7.81. The second kappa shape index (κ2) is 4.31. The van der Waals surface area contributed by atoms with Crippen molar-refractivity contribution in [2.75, 3.05) is 0 Å². The van der Waals surface area contributed by atoms with Crippen molar-refractivity contribution < 1.29 is 9.13 Å². The number of halogens is 1. The highest BCUT2D eigenvalue weighted by Crippen LogP contribution is 2.20. The molecule has 0 aromatic heterocycles. The van der Waals surface area contributed by atoms with E-state index in [0.29, 0.717) is 6.33 Å². The molecule has 0 aromatic rings. The maximum atomic E-state index is 11.4. The molecule has 0 amide bonds. The molecule has 1 aliphatic rings. The molecule has 1 saturated carbocycles. The van der Waals surface area contributed by atoms with Crippen LogP contribution in [0.25, 0.3) is 0 Å². The lowest BCUT2D eigenvalue weighted by atomic mass is 9.98. The van der Waals surface area contributed by atoms with Gasteiger partial charge in [-0.2, -0.15) is 0 Å². The Morgan fingerprint density at radius 2 is 1.90 bits per heavy atom. The van der Waals surface area contributed by atoms with Gasteiger partial charge in [-0.15, -0.1) is 0 Å². The predicted octanol–water partition coefficient (Wildman–Crippen LogP) is 2.78.